The molecule has 0 aromatic carbocycles. The van der Waals surface area contributed by atoms with Crippen molar-refractivity contribution < 1.29 is 14.3 Å². The van der Waals surface area contributed by atoms with E-state index in [4.69, 9.17) is 4.74 Å². The predicted molar refractivity (Wildman–Crippen MR) is 86.3 cm³/mol. The number of aromatic nitrogens is 2. The van der Waals surface area contributed by atoms with Gasteiger partial charge in [0.2, 0.25) is 0 Å². The molecule has 7 heteroatoms. The van der Waals surface area contributed by atoms with Gasteiger partial charge >= 0.3 is 0 Å². The minimum atomic E-state index is -1.01. The van der Waals surface area contributed by atoms with Crippen LogP contribution in [-0.4, -0.2) is 58.8 Å². The van der Waals surface area contributed by atoms with Crippen LogP contribution in [0.5, 0.6) is 0 Å². The molecule has 1 saturated heterocycles. The Bertz CT molecular complexity index is 611. The van der Waals surface area contributed by atoms with Gasteiger partial charge in [0.25, 0.3) is 11.8 Å². The van der Waals surface area contributed by atoms with Crippen molar-refractivity contribution in [1.82, 2.24) is 20.0 Å². The smallest absolute Gasteiger partial charge is 0.257 e. The molecular weight excluding hydrogens is 296 g/mol. The van der Waals surface area contributed by atoms with Crippen molar-refractivity contribution in [2.24, 2.45) is 0 Å². The van der Waals surface area contributed by atoms with Crippen molar-refractivity contribution >= 4 is 11.8 Å². The van der Waals surface area contributed by atoms with Crippen LogP contribution >= 0.6 is 0 Å². The second kappa shape index (κ2) is 6.70. The molecule has 2 rings (SSSR count). The van der Waals surface area contributed by atoms with Gasteiger partial charge in [-0.1, -0.05) is 6.92 Å². The molecule has 128 valence electrons. The lowest BCUT2D eigenvalue weighted by Gasteiger charge is -2.39. The molecule has 0 spiro atoms. The van der Waals surface area contributed by atoms with Crippen LogP contribution in [0.1, 0.15) is 42.0 Å². The number of ether oxygens (including phenoxy) is 1. The first-order chi connectivity index (χ1) is 10.8. The number of likely N-dealkylation sites (N-methyl/N-ethyl adjacent to an activating group) is 1. The summed E-state index contributed by atoms with van der Waals surface area (Å²) in [6, 6.07) is 0. The van der Waals surface area contributed by atoms with Crippen LogP contribution in [-0.2, 0) is 16.1 Å². The number of amides is 2. The lowest BCUT2D eigenvalue weighted by Crippen LogP contribution is -2.58. The average Bonchev–Trinajstić information content (AvgIpc) is 2.80. The Morgan fingerprint density at radius 1 is 1.39 bits per heavy atom. The van der Waals surface area contributed by atoms with E-state index in [1.165, 1.54) is 0 Å². The second-order valence-corrected chi connectivity index (χ2v) is 6.15. The first-order valence-electron chi connectivity index (χ1n) is 8.03. The van der Waals surface area contributed by atoms with Crippen molar-refractivity contribution in [3.05, 3.63) is 17.0 Å². The molecule has 1 aliphatic heterocycles. The largest absolute Gasteiger partial charge is 0.362 e. The number of rotatable bonds is 4. The molecule has 0 bridgehead atoms. The number of aryl methyl sites for hydroxylation is 2. The maximum Gasteiger partial charge on any atom is 0.257 e. The molecule has 1 aliphatic rings. The van der Waals surface area contributed by atoms with E-state index >= 15 is 0 Å². The van der Waals surface area contributed by atoms with E-state index in [0.29, 0.717) is 18.7 Å². The number of carbonyl (C=O) groups is 2. The van der Waals surface area contributed by atoms with E-state index in [1.807, 2.05) is 18.5 Å². The molecule has 1 fully saturated rings. The summed E-state index contributed by atoms with van der Waals surface area (Å²) in [6.45, 7) is 9.41. The van der Waals surface area contributed by atoms with Crippen molar-refractivity contribution in [1.29, 1.82) is 0 Å². The van der Waals surface area contributed by atoms with Gasteiger partial charge in [-0.2, -0.15) is 5.10 Å². The zero-order valence-corrected chi connectivity index (χ0v) is 14.6. The molecule has 23 heavy (non-hydrogen) atoms. The van der Waals surface area contributed by atoms with Crippen LogP contribution in [0.2, 0.25) is 0 Å². The van der Waals surface area contributed by atoms with Gasteiger partial charge in [-0.3, -0.25) is 14.3 Å². The molecule has 7 nitrogen and oxygen atoms in total. The van der Waals surface area contributed by atoms with Gasteiger partial charge in [0.05, 0.1) is 24.4 Å². The first-order valence-corrected chi connectivity index (χ1v) is 8.03. The average molecular weight is 322 g/mol. The highest BCUT2D eigenvalue weighted by molar-refractivity contribution is 5.97. The van der Waals surface area contributed by atoms with Crippen LogP contribution in [0.15, 0.2) is 0 Å². The highest BCUT2D eigenvalue weighted by Crippen LogP contribution is 2.22. The molecule has 0 saturated carbocycles. The fourth-order valence-corrected chi connectivity index (χ4v) is 3.04. The van der Waals surface area contributed by atoms with Gasteiger partial charge in [0, 0.05) is 25.8 Å². The lowest BCUT2D eigenvalue weighted by molar-refractivity contribution is -0.153. The Morgan fingerprint density at radius 2 is 2.09 bits per heavy atom. The Kier molecular flexibility index (Phi) is 5.09. The summed E-state index contributed by atoms with van der Waals surface area (Å²) in [7, 11) is 1.57. The Labute approximate surface area is 137 Å². The van der Waals surface area contributed by atoms with Crippen molar-refractivity contribution in [2.45, 2.75) is 46.3 Å². The van der Waals surface area contributed by atoms with E-state index in [0.717, 1.165) is 24.4 Å². The van der Waals surface area contributed by atoms with E-state index in [2.05, 4.69) is 17.3 Å². The SMILES string of the molecule is CCCn1nc(C)c(C(=O)N2CCO[C@@](C)(C(=O)NC)C2)c1C. The number of nitrogens with one attached hydrogen (secondary N) is 1. The Balaban J connectivity index is 2.25. The lowest BCUT2D eigenvalue weighted by atomic mass is 10.0. The number of hydrogen-bond acceptors (Lipinski definition) is 4. The highest BCUT2D eigenvalue weighted by atomic mass is 16.5. The van der Waals surface area contributed by atoms with Crippen molar-refractivity contribution in [3.8, 4) is 0 Å². The number of hydrogen-bond donors (Lipinski definition) is 1. The van der Waals surface area contributed by atoms with E-state index in [9.17, 15) is 9.59 Å². The maximum absolute atomic E-state index is 12.9. The third-order valence-corrected chi connectivity index (χ3v) is 4.30. The minimum Gasteiger partial charge on any atom is -0.362 e. The van der Waals surface area contributed by atoms with E-state index < -0.39 is 5.60 Å². The van der Waals surface area contributed by atoms with Gasteiger partial charge in [-0.25, -0.2) is 0 Å². The zero-order valence-electron chi connectivity index (χ0n) is 14.6. The molecule has 2 amide bonds. The van der Waals surface area contributed by atoms with Gasteiger partial charge in [0.15, 0.2) is 5.60 Å². The molecule has 0 unspecified atom stereocenters. The fraction of sp³-hybridized carbons (Fsp3) is 0.688. The summed E-state index contributed by atoms with van der Waals surface area (Å²) >= 11 is 0. The van der Waals surface area contributed by atoms with Gasteiger partial charge in [-0.05, 0) is 27.2 Å². The predicted octanol–water partition coefficient (Wildman–Crippen LogP) is 0.887. The molecule has 1 atom stereocenters. The van der Waals surface area contributed by atoms with Crippen LogP contribution in [0.3, 0.4) is 0 Å². The fourth-order valence-electron chi connectivity index (χ4n) is 3.04. The number of nitrogens with zero attached hydrogens (tertiary/aromatic N) is 3. The standard InChI is InChI=1S/C16H26N4O3/c1-6-7-20-12(3)13(11(2)18-20)14(21)19-8-9-23-16(4,10-19)15(22)17-5/h6-10H2,1-5H3,(H,17,22)/t16-/m1/s1. The number of carbonyl (C=O) groups excluding carboxylic acids is 2. The summed E-state index contributed by atoms with van der Waals surface area (Å²) in [5, 5.41) is 7.06. The molecule has 1 N–H and O–H groups in total. The van der Waals surface area contributed by atoms with E-state index in [1.54, 1.807) is 18.9 Å². The van der Waals surface area contributed by atoms with Crippen LogP contribution in [0.25, 0.3) is 0 Å². The summed E-state index contributed by atoms with van der Waals surface area (Å²) < 4.78 is 7.49. The highest BCUT2D eigenvalue weighted by Gasteiger charge is 2.41. The second-order valence-electron chi connectivity index (χ2n) is 6.15. The maximum atomic E-state index is 12.9. The van der Waals surface area contributed by atoms with Gasteiger partial charge in [0.1, 0.15) is 0 Å². The monoisotopic (exact) mass is 322 g/mol. The summed E-state index contributed by atoms with van der Waals surface area (Å²) in [4.78, 5) is 26.7. The third kappa shape index (κ3) is 3.24. The quantitative estimate of drug-likeness (QED) is 0.893. The van der Waals surface area contributed by atoms with Crippen molar-refractivity contribution in [2.75, 3.05) is 26.7 Å². The van der Waals surface area contributed by atoms with Crippen molar-refractivity contribution in [3.63, 3.8) is 0 Å². The zero-order chi connectivity index (χ0) is 17.2. The molecule has 1 aromatic rings. The van der Waals surface area contributed by atoms with Gasteiger partial charge < -0.3 is 15.0 Å². The molecule has 0 radical (unpaired) electrons. The van der Waals surface area contributed by atoms with Crippen LogP contribution < -0.4 is 5.32 Å². The Hall–Kier alpha value is -1.89. The first kappa shape index (κ1) is 17.5. The van der Waals surface area contributed by atoms with Crippen LogP contribution in [0.4, 0.5) is 0 Å². The normalized spacial score (nSPS) is 21.3. The topological polar surface area (TPSA) is 76.5 Å². The van der Waals surface area contributed by atoms with Crippen LogP contribution in [0, 0.1) is 13.8 Å². The molecular formula is C16H26N4O3. The summed E-state index contributed by atoms with van der Waals surface area (Å²) in [5.41, 5.74) is 1.24. The van der Waals surface area contributed by atoms with E-state index in [-0.39, 0.29) is 18.4 Å². The summed E-state index contributed by atoms with van der Waals surface area (Å²) in [6.07, 6.45) is 0.960. The molecule has 0 aliphatic carbocycles. The summed E-state index contributed by atoms with van der Waals surface area (Å²) in [5.74, 6) is -0.300. The number of morpholine rings is 1. The Morgan fingerprint density at radius 3 is 2.70 bits per heavy atom. The van der Waals surface area contributed by atoms with Gasteiger partial charge in [-0.15, -0.1) is 0 Å². The minimum absolute atomic E-state index is 0.0826. The third-order valence-electron chi connectivity index (χ3n) is 4.30. The molecule has 1 aromatic heterocycles. The molecule has 2 heterocycles.